The van der Waals surface area contributed by atoms with Gasteiger partial charge in [-0.05, 0) is 36.2 Å². The van der Waals surface area contributed by atoms with Crippen molar-refractivity contribution in [2.24, 2.45) is 0 Å². The Bertz CT molecular complexity index is 1130. The molecule has 0 aliphatic heterocycles. The minimum atomic E-state index is -0.226. The molecule has 0 spiro atoms. The van der Waals surface area contributed by atoms with Crippen molar-refractivity contribution >= 4 is 16.9 Å². The van der Waals surface area contributed by atoms with E-state index >= 15 is 0 Å². The van der Waals surface area contributed by atoms with Crippen molar-refractivity contribution in [3.05, 3.63) is 59.0 Å². The van der Waals surface area contributed by atoms with Crippen LogP contribution in [-0.2, 0) is 4.79 Å². The van der Waals surface area contributed by atoms with Crippen LogP contribution in [0, 0.1) is 0 Å². The van der Waals surface area contributed by atoms with Gasteiger partial charge in [-0.15, -0.1) is 0 Å². The summed E-state index contributed by atoms with van der Waals surface area (Å²) in [7, 11) is 0. The largest absolute Gasteiger partial charge is 0.508 e. The van der Waals surface area contributed by atoms with Crippen LogP contribution in [0.15, 0.2) is 57.9 Å². The SMILES string of the molecule is CCCCCCCCCCCCCCCC(=O)Oc1ccc(-c2coc3cc(O)ccc3c2=O)cc1. The maximum atomic E-state index is 12.8. The number of phenols is 1. The molecule has 1 heterocycles. The predicted molar refractivity (Wildman–Crippen MR) is 146 cm³/mol. The molecule has 0 saturated carbocycles. The Morgan fingerprint density at radius 3 is 2.00 bits per heavy atom. The molecular weight excluding hydrogens is 452 g/mol. The van der Waals surface area contributed by atoms with Crippen molar-refractivity contribution in [1.82, 2.24) is 0 Å². The van der Waals surface area contributed by atoms with Crippen LogP contribution >= 0.6 is 0 Å². The van der Waals surface area contributed by atoms with E-state index in [-0.39, 0.29) is 17.1 Å². The van der Waals surface area contributed by atoms with Crippen LogP contribution in [0.3, 0.4) is 0 Å². The number of rotatable bonds is 16. The molecule has 194 valence electrons. The van der Waals surface area contributed by atoms with Gasteiger partial charge in [-0.2, -0.15) is 0 Å². The summed E-state index contributed by atoms with van der Waals surface area (Å²) in [6, 6.07) is 11.3. The summed E-state index contributed by atoms with van der Waals surface area (Å²) >= 11 is 0. The first-order valence-corrected chi connectivity index (χ1v) is 13.6. The summed E-state index contributed by atoms with van der Waals surface area (Å²) in [4.78, 5) is 25.0. The standard InChI is InChI=1S/C31H40O5/c1-2-3-4-5-6-7-8-9-10-11-12-13-14-15-30(33)36-26-19-16-24(17-20-26)28-23-35-29-22-25(32)18-21-27(29)31(28)34/h16-23,32H,2-15H2,1H3. The molecule has 5 heteroatoms. The van der Waals surface area contributed by atoms with E-state index in [9.17, 15) is 14.7 Å². The number of benzene rings is 2. The Kier molecular flexibility index (Phi) is 11.6. The Morgan fingerprint density at radius 2 is 1.39 bits per heavy atom. The van der Waals surface area contributed by atoms with Crippen LogP contribution in [0.1, 0.15) is 96.8 Å². The highest BCUT2D eigenvalue weighted by atomic mass is 16.5. The summed E-state index contributed by atoms with van der Waals surface area (Å²) < 4.78 is 11.0. The molecule has 0 aliphatic rings. The highest BCUT2D eigenvalue weighted by Gasteiger charge is 2.11. The van der Waals surface area contributed by atoms with Crippen LogP contribution in [0.4, 0.5) is 0 Å². The van der Waals surface area contributed by atoms with Crippen molar-refractivity contribution in [3.63, 3.8) is 0 Å². The van der Waals surface area contributed by atoms with Crippen LogP contribution in [0.5, 0.6) is 11.5 Å². The van der Waals surface area contributed by atoms with Crippen molar-refractivity contribution in [2.45, 2.75) is 96.8 Å². The minimum Gasteiger partial charge on any atom is -0.508 e. The summed E-state index contributed by atoms with van der Waals surface area (Å²) in [6.45, 7) is 2.26. The first-order valence-electron chi connectivity index (χ1n) is 13.6. The molecular formula is C31H40O5. The highest BCUT2D eigenvalue weighted by Crippen LogP contribution is 2.24. The average molecular weight is 493 g/mol. The highest BCUT2D eigenvalue weighted by molar-refractivity contribution is 5.82. The lowest BCUT2D eigenvalue weighted by molar-refractivity contribution is -0.134. The summed E-state index contributed by atoms with van der Waals surface area (Å²) in [5.41, 5.74) is 1.25. The van der Waals surface area contributed by atoms with E-state index < -0.39 is 0 Å². The molecule has 0 bridgehead atoms. The Morgan fingerprint density at radius 1 is 0.806 bits per heavy atom. The molecule has 5 nitrogen and oxygen atoms in total. The third-order valence-electron chi connectivity index (χ3n) is 6.64. The number of unbranched alkanes of at least 4 members (excludes halogenated alkanes) is 12. The zero-order valence-electron chi connectivity index (χ0n) is 21.6. The number of fused-ring (bicyclic) bond motifs is 1. The molecule has 36 heavy (non-hydrogen) atoms. The maximum Gasteiger partial charge on any atom is 0.311 e. The van der Waals surface area contributed by atoms with Gasteiger partial charge in [0.1, 0.15) is 23.3 Å². The van der Waals surface area contributed by atoms with Crippen LogP contribution in [0.2, 0.25) is 0 Å². The number of phenolic OH excluding ortho intramolecular Hbond substituents is 1. The molecule has 0 fully saturated rings. The van der Waals surface area contributed by atoms with Gasteiger partial charge in [-0.3, -0.25) is 9.59 Å². The van der Waals surface area contributed by atoms with Gasteiger partial charge in [-0.25, -0.2) is 0 Å². The lowest BCUT2D eigenvalue weighted by Gasteiger charge is -2.07. The van der Waals surface area contributed by atoms with E-state index in [4.69, 9.17) is 9.15 Å². The fraction of sp³-hybridized carbons (Fsp3) is 0.484. The van der Waals surface area contributed by atoms with E-state index in [1.807, 2.05) is 0 Å². The van der Waals surface area contributed by atoms with E-state index in [1.165, 1.54) is 89.0 Å². The molecule has 1 N–H and O–H groups in total. The lowest BCUT2D eigenvalue weighted by Crippen LogP contribution is -2.08. The second-order valence-corrected chi connectivity index (χ2v) is 9.65. The van der Waals surface area contributed by atoms with Gasteiger partial charge in [0, 0.05) is 12.5 Å². The quantitative estimate of drug-likeness (QED) is 0.123. The molecule has 1 aromatic heterocycles. The zero-order valence-corrected chi connectivity index (χ0v) is 21.6. The van der Waals surface area contributed by atoms with Gasteiger partial charge in [0.15, 0.2) is 5.43 Å². The minimum absolute atomic E-state index is 0.0448. The second kappa shape index (κ2) is 15.1. The zero-order chi connectivity index (χ0) is 25.6. The first kappa shape index (κ1) is 27.5. The lowest BCUT2D eigenvalue weighted by atomic mass is 10.0. The molecule has 2 aromatic carbocycles. The molecule has 0 amide bonds. The Labute approximate surface area is 214 Å². The van der Waals surface area contributed by atoms with Crippen molar-refractivity contribution < 1.29 is 19.1 Å². The molecule has 0 atom stereocenters. The van der Waals surface area contributed by atoms with Crippen molar-refractivity contribution in [2.75, 3.05) is 0 Å². The van der Waals surface area contributed by atoms with E-state index in [0.29, 0.717) is 34.3 Å². The number of aromatic hydroxyl groups is 1. The van der Waals surface area contributed by atoms with Gasteiger partial charge in [-0.1, -0.05) is 96.1 Å². The average Bonchev–Trinajstić information content (AvgIpc) is 2.87. The van der Waals surface area contributed by atoms with Gasteiger partial charge >= 0.3 is 5.97 Å². The Hall–Kier alpha value is -3.08. The van der Waals surface area contributed by atoms with Crippen LogP contribution in [-0.4, -0.2) is 11.1 Å². The van der Waals surface area contributed by atoms with Crippen molar-refractivity contribution in [1.29, 1.82) is 0 Å². The number of esters is 1. The third kappa shape index (κ3) is 8.85. The molecule has 3 rings (SSSR count). The summed E-state index contributed by atoms with van der Waals surface area (Å²) in [6.07, 6.45) is 18.3. The van der Waals surface area contributed by atoms with Gasteiger partial charge in [0.2, 0.25) is 0 Å². The van der Waals surface area contributed by atoms with Gasteiger partial charge in [0.25, 0.3) is 0 Å². The predicted octanol–water partition coefficient (Wildman–Crippen LogP) is 8.55. The number of carbonyl (C=O) groups excluding carboxylic acids is 1. The van der Waals surface area contributed by atoms with Gasteiger partial charge in [0.05, 0.1) is 10.9 Å². The van der Waals surface area contributed by atoms with Crippen molar-refractivity contribution in [3.8, 4) is 22.6 Å². The Balaban J connectivity index is 1.31. The third-order valence-corrected chi connectivity index (χ3v) is 6.64. The molecule has 0 aliphatic carbocycles. The smallest absolute Gasteiger partial charge is 0.311 e. The first-order chi connectivity index (χ1) is 17.6. The monoisotopic (exact) mass is 492 g/mol. The number of hydrogen-bond donors (Lipinski definition) is 1. The molecule has 0 unspecified atom stereocenters. The van der Waals surface area contributed by atoms with E-state index in [2.05, 4.69) is 6.92 Å². The fourth-order valence-corrected chi connectivity index (χ4v) is 4.49. The summed E-state index contributed by atoms with van der Waals surface area (Å²) in [5, 5.41) is 9.96. The van der Waals surface area contributed by atoms with Gasteiger partial charge < -0.3 is 14.3 Å². The fourth-order valence-electron chi connectivity index (χ4n) is 4.49. The van der Waals surface area contributed by atoms with Crippen LogP contribution in [0.25, 0.3) is 22.1 Å². The number of ether oxygens (including phenoxy) is 1. The topological polar surface area (TPSA) is 76.7 Å². The van der Waals surface area contributed by atoms with E-state index in [0.717, 1.165) is 12.8 Å². The number of hydrogen-bond acceptors (Lipinski definition) is 5. The molecule has 0 radical (unpaired) electrons. The molecule has 0 saturated heterocycles. The number of carbonyl (C=O) groups is 1. The molecule has 3 aromatic rings. The normalized spacial score (nSPS) is 11.1. The van der Waals surface area contributed by atoms with E-state index in [1.54, 1.807) is 30.3 Å². The maximum absolute atomic E-state index is 12.8. The second-order valence-electron chi connectivity index (χ2n) is 9.65. The van der Waals surface area contributed by atoms with Crippen LogP contribution < -0.4 is 10.2 Å². The summed E-state index contributed by atoms with van der Waals surface area (Å²) in [5.74, 6) is 0.285.